The Kier molecular flexibility index (Phi) is 6.62. The van der Waals surface area contributed by atoms with Crippen LogP contribution < -0.4 is 5.32 Å². The van der Waals surface area contributed by atoms with Crippen LogP contribution in [0.3, 0.4) is 0 Å². The van der Waals surface area contributed by atoms with Crippen molar-refractivity contribution in [3.8, 4) is 0 Å². The van der Waals surface area contributed by atoms with Gasteiger partial charge in [0.15, 0.2) is 0 Å². The number of amides is 1. The molecule has 1 N–H and O–H groups in total. The molecule has 0 bridgehead atoms. The van der Waals surface area contributed by atoms with E-state index in [0.717, 1.165) is 27.4 Å². The van der Waals surface area contributed by atoms with Crippen LogP contribution in [-0.4, -0.2) is 52.2 Å². The molecule has 154 valence electrons. The fraction of sp³-hybridized carbons (Fsp3) is 0.476. The molecule has 0 unspecified atom stereocenters. The lowest BCUT2D eigenvalue weighted by Gasteiger charge is -2.33. The maximum atomic E-state index is 14.2. The van der Waals surface area contributed by atoms with E-state index in [9.17, 15) is 9.18 Å². The van der Waals surface area contributed by atoms with E-state index in [0.29, 0.717) is 29.2 Å². The molecule has 3 aromatic rings. The number of fused-ring (bicyclic) bond motifs is 3. The average molecular weight is 433 g/mol. The van der Waals surface area contributed by atoms with Crippen LogP contribution in [0.4, 0.5) is 4.39 Å². The van der Waals surface area contributed by atoms with Crippen LogP contribution in [0.5, 0.6) is 0 Å². The SMILES string of the molecule is C[C@@H]1CCCCN1CCCNC(=O)CSc1ncnc2c1sc1cccc(F)c12. The van der Waals surface area contributed by atoms with Crippen LogP contribution in [0.1, 0.15) is 32.6 Å². The van der Waals surface area contributed by atoms with Gasteiger partial charge in [-0.05, 0) is 44.9 Å². The standard InChI is InChI=1S/C21H25FN4OS2/c1-14-6-2-3-10-26(14)11-5-9-23-17(27)12-28-21-20-19(24-13-25-21)18-15(22)7-4-8-16(18)29-20/h4,7-8,13-14H,2-3,5-6,9-12H2,1H3,(H,23,27)/t14-/m1/s1. The highest BCUT2D eigenvalue weighted by molar-refractivity contribution is 8.00. The molecular weight excluding hydrogens is 407 g/mol. The minimum atomic E-state index is -0.274. The van der Waals surface area contributed by atoms with Gasteiger partial charge in [0.2, 0.25) is 5.91 Å². The number of carbonyl (C=O) groups is 1. The Morgan fingerprint density at radius 3 is 3.14 bits per heavy atom. The molecule has 4 rings (SSSR count). The van der Waals surface area contributed by atoms with E-state index >= 15 is 0 Å². The van der Waals surface area contributed by atoms with Crippen LogP contribution in [0.25, 0.3) is 20.3 Å². The number of aromatic nitrogens is 2. The number of hydrogen-bond acceptors (Lipinski definition) is 6. The van der Waals surface area contributed by atoms with Crippen LogP contribution in [0.2, 0.25) is 0 Å². The van der Waals surface area contributed by atoms with E-state index in [1.54, 1.807) is 6.07 Å². The smallest absolute Gasteiger partial charge is 0.230 e. The van der Waals surface area contributed by atoms with Crippen molar-refractivity contribution in [2.75, 3.05) is 25.4 Å². The molecule has 3 heterocycles. The third kappa shape index (κ3) is 4.70. The first-order valence-corrected chi connectivity index (χ1v) is 11.9. The summed E-state index contributed by atoms with van der Waals surface area (Å²) in [6.07, 6.45) is 6.30. The number of carbonyl (C=O) groups excluding carboxylic acids is 1. The Labute approximate surface area is 178 Å². The second-order valence-electron chi connectivity index (χ2n) is 7.44. The molecule has 1 aromatic carbocycles. The zero-order valence-electron chi connectivity index (χ0n) is 16.5. The normalized spacial score (nSPS) is 17.8. The summed E-state index contributed by atoms with van der Waals surface area (Å²) in [5.41, 5.74) is 0.622. The minimum absolute atomic E-state index is 0.000691. The van der Waals surface area contributed by atoms with Gasteiger partial charge in [0, 0.05) is 23.8 Å². The van der Waals surface area contributed by atoms with E-state index < -0.39 is 0 Å². The highest BCUT2D eigenvalue weighted by Gasteiger charge is 2.18. The van der Waals surface area contributed by atoms with E-state index in [1.807, 2.05) is 6.07 Å². The van der Waals surface area contributed by atoms with Gasteiger partial charge < -0.3 is 10.2 Å². The number of halogens is 1. The lowest BCUT2D eigenvalue weighted by Crippen LogP contribution is -2.39. The third-order valence-corrected chi connectivity index (χ3v) is 7.69. The van der Waals surface area contributed by atoms with Gasteiger partial charge >= 0.3 is 0 Å². The summed E-state index contributed by atoms with van der Waals surface area (Å²) in [6, 6.07) is 5.68. The summed E-state index contributed by atoms with van der Waals surface area (Å²) < 4.78 is 15.9. The Morgan fingerprint density at radius 1 is 1.38 bits per heavy atom. The van der Waals surface area contributed by atoms with Gasteiger partial charge in [0.05, 0.1) is 21.4 Å². The topological polar surface area (TPSA) is 58.1 Å². The highest BCUT2D eigenvalue weighted by Crippen LogP contribution is 2.38. The molecule has 1 amide bonds. The molecule has 0 aliphatic carbocycles. The van der Waals surface area contributed by atoms with Crippen molar-refractivity contribution in [2.24, 2.45) is 0 Å². The van der Waals surface area contributed by atoms with Crippen molar-refractivity contribution in [2.45, 2.75) is 43.7 Å². The summed E-state index contributed by atoms with van der Waals surface area (Å²) in [4.78, 5) is 23.4. The van der Waals surface area contributed by atoms with Crippen molar-refractivity contribution in [1.82, 2.24) is 20.2 Å². The van der Waals surface area contributed by atoms with Gasteiger partial charge in [-0.25, -0.2) is 14.4 Å². The number of thiophene rings is 1. The summed E-state index contributed by atoms with van der Waals surface area (Å²) in [5, 5.41) is 4.27. The lowest BCUT2D eigenvalue weighted by atomic mass is 10.0. The zero-order chi connectivity index (χ0) is 20.2. The molecule has 2 aromatic heterocycles. The second-order valence-corrected chi connectivity index (χ2v) is 9.46. The van der Waals surface area contributed by atoms with Gasteiger partial charge in [-0.3, -0.25) is 4.79 Å². The first-order valence-electron chi connectivity index (χ1n) is 10.1. The quantitative estimate of drug-likeness (QED) is 0.339. The van der Waals surface area contributed by atoms with Crippen LogP contribution in [-0.2, 0) is 4.79 Å². The van der Waals surface area contributed by atoms with Crippen LogP contribution in [0, 0.1) is 5.82 Å². The summed E-state index contributed by atoms with van der Waals surface area (Å²) in [7, 11) is 0. The van der Waals surface area contributed by atoms with Gasteiger partial charge in [-0.2, -0.15) is 0 Å². The Balaban J connectivity index is 1.31. The maximum absolute atomic E-state index is 14.2. The molecule has 1 saturated heterocycles. The monoisotopic (exact) mass is 432 g/mol. The molecule has 1 aliphatic rings. The largest absolute Gasteiger partial charge is 0.355 e. The molecule has 1 aliphatic heterocycles. The average Bonchev–Trinajstić information content (AvgIpc) is 3.11. The molecule has 29 heavy (non-hydrogen) atoms. The van der Waals surface area contributed by atoms with Crippen molar-refractivity contribution in [3.05, 3.63) is 30.3 Å². The van der Waals surface area contributed by atoms with Gasteiger partial charge in [-0.15, -0.1) is 11.3 Å². The Bertz CT molecular complexity index is 1010. The first-order chi connectivity index (χ1) is 14.1. The highest BCUT2D eigenvalue weighted by atomic mass is 32.2. The number of piperidine rings is 1. The van der Waals surface area contributed by atoms with E-state index in [1.165, 1.54) is 61.3 Å². The fourth-order valence-corrected chi connectivity index (χ4v) is 5.92. The Hall–Kier alpha value is -1.77. The summed E-state index contributed by atoms with van der Waals surface area (Å²) in [6.45, 7) is 5.19. The first kappa shape index (κ1) is 20.5. The molecule has 5 nitrogen and oxygen atoms in total. The predicted octanol–water partition coefficient (Wildman–Crippen LogP) is 4.46. The number of thioether (sulfide) groups is 1. The molecule has 1 atom stereocenters. The number of hydrogen-bond donors (Lipinski definition) is 1. The van der Waals surface area contributed by atoms with Gasteiger partial charge in [-0.1, -0.05) is 24.2 Å². The summed E-state index contributed by atoms with van der Waals surface area (Å²) in [5.74, 6) is 0.0214. The van der Waals surface area contributed by atoms with Crippen molar-refractivity contribution in [3.63, 3.8) is 0 Å². The molecule has 0 spiro atoms. The minimum Gasteiger partial charge on any atom is -0.355 e. The van der Waals surface area contributed by atoms with Gasteiger partial charge in [0.25, 0.3) is 0 Å². The molecule has 8 heteroatoms. The molecule has 1 fully saturated rings. The lowest BCUT2D eigenvalue weighted by molar-refractivity contribution is -0.118. The summed E-state index contributed by atoms with van der Waals surface area (Å²) >= 11 is 2.85. The number of benzene rings is 1. The molecule has 0 saturated carbocycles. The zero-order valence-corrected chi connectivity index (χ0v) is 18.1. The predicted molar refractivity (Wildman–Crippen MR) is 118 cm³/mol. The fourth-order valence-electron chi connectivity index (χ4n) is 3.84. The van der Waals surface area contributed by atoms with E-state index in [4.69, 9.17) is 0 Å². The van der Waals surface area contributed by atoms with E-state index in [-0.39, 0.29) is 11.7 Å². The molecule has 0 radical (unpaired) electrons. The second kappa shape index (κ2) is 9.36. The van der Waals surface area contributed by atoms with Crippen molar-refractivity contribution in [1.29, 1.82) is 0 Å². The Morgan fingerprint density at radius 2 is 2.28 bits per heavy atom. The number of nitrogens with one attached hydrogen (secondary N) is 1. The number of nitrogens with zero attached hydrogens (tertiary/aromatic N) is 3. The van der Waals surface area contributed by atoms with Crippen molar-refractivity contribution >= 4 is 49.3 Å². The van der Waals surface area contributed by atoms with Crippen LogP contribution in [0.15, 0.2) is 29.6 Å². The van der Waals surface area contributed by atoms with Crippen LogP contribution >= 0.6 is 23.1 Å². The molecular formula is C21H25FN4OS2. The van der Waals surface area contributed by atoms with E-state index in [2.05, 4.69) is 27.1 Å². The number of likely N-dealkylation sites (tertiary alicyclic amines) is 1. The van der Waals surface area contributed by atoms with Gasteiger partial charge in [0.1, 0.15) is 17.2 Å². The van der Waals surface area contributed by atoms with Crippen molar-refractivity contribution < 1.29 is 9.18 Å². The third-order valence-electron chi connectivity index (χ3n) is 5.42. The number of rotatable bonds is 7. The maximum Gasteiger partial charge on any atom is 0.230 e.